The molecule has 2 aliphatic heterocycles. The summed E-state index contributed by atoms with van der Waals surface area (Å²) in [5.41, 5.74) is 3.03. The van der Waals surface area contributed by atoms with Gasteiger partial charge in [-0.1, -0.05) is 51.1 Å². The quantitative estimate of drug-likeness (QED) is 0.754. The molecule has 0 atom stereocenters. The molecule has 3 amide bonds. The molecule has 1 fully saturated rings. The zero-order chi connectivity index (χ0) is 23.6. The van der Waals surface area contributed by atoms with Gasteiger partial charge in [0, 0.05) is 55.8 Å². The molecular weight excluding hydrogens is 418 g/mol. The lowest BCUT2D eigenvalue weighted by molar-refractivity contribution is -0.140. The molecule has 3 heterocycles. The fraction of sp³-hybridized carbons (Fsp3) is 0.520. The van der Waals surface area contributed by atoms with E-state index in [1.54, 1.807) is 4.90 Å². The molecule has 4 rings (SSSR count). The summed E-state index contributed by atoms with van der Waals surface area (Å²) in [7, 11) is 0. The number of benzene rings is 1. The molecule has 1 aromatic carbocycles. The SMILES string of the molecule is CC(C)(C)C(=O)N1CCc2c(c(C(=O)N3CCNC(=O)C3)nn2CCCc2ccccc2)C1. The molecule has 0 saturated carbocycles. The largest absolute Gasteiger partial charge is 0.353 e. The van der Waals surface area contributed by atoms with Crippen molar-refractivity contribution in [2.24, 2.45) is 5.41 Å². The molecule has 0 bridgehead atoms. The lowest BCUT2D eigenvalue weighted by atomic mass is 9.93. The van der Waals surface area contributed by atoms with E-state index < -0.39 is 5.41 Å². The molecule has 176 valence electrons. The van der Waals surface area contributed by atoms with E-state index in [9.17, 15) is 14.4 Å². The maximum Gasteiger partial charge on any atom is 0.275 e. The van der Waals surface area contributed by atoms with Crippen molar-refractivity contribution in [3.63, 3.8) is 0 Å². The maximum absolute atomic E-state index is 13.4. The van der Waals surface area contributed by atoms with Crippen molar-refractivity contribution in [2.45, 2.75) is 53.1 Å². The number of carbonyl (C=O) groups excluding carboxylic acids is 3. The molecule has 0 spiro atoms. The van der Waals surface area contributed by atoms with E-state index in [2.05, 4.69) is 17.4 Å². The van der Waals surface area contributed by atoms with Crippen LogP contribution in [0.2, 0.25) is 0 Å². The smallest absolute Gasteiger partial charge is 0.275 e. The number of rotatable bonds is 5. The number of piperazine rings is 1. The normalized spacial score (nSPS) is 16.4. The van der Waals surface area contributed by atoms with Crippen LogP contribution >= 0.6 is 0 Å². The number of nitrogens with one attached hydrogen (secondary N) is 1. The van der Waals surface area contributed by atoms with Gasteiger partial charge in [0.05, 0.1) is 6.54 Å². The predicted molar refractivity (Wildman–Crippen MR) is 124 cm³/mol. The Labute approximate surface area is 194 Å². The van der Waals surface area contributed by atoms with Gasteiger partial charge in [0.2, 0.25) is 11.8 Å². The van der Waals surface area contributed by atoms with Gasteiger partial charge in [0.15, 0.2) is 5.69 Å². The van der Waals surface area contributed by atoms with Crippen molar-refractivity contribution >= 4 is 17.7 Å². The van der Waals surface area contributed by atoms with E-state index in [-0.39, 0.29) is 24.3 Å². The van der Waals surface area contributed by atoms with E-state index >= 15 is 0 Å². The molecule has 33 heavy (non-hydrogen) atoms. The predicted octanol–water partition coefficient (Wildman–Crippen LogP) is 2.02. The highest BCUT2D eigenvalue weighted by Gasteiger charge is 2.35. The zero-order valence-electron chi connectivity index (χ0n) is 19.8. The van der Waals surface area contributed by atoms with E-state index in [4.69, 9.17) is 5.10 Å². The summed E-state index contributed by atoms with van der Waals surface area (Å²) in [6.07, 6.45) is 2.51. The van der Waals surface area contributed by atoms with Crippen LogP contribution in [0.5, 0.6) is 0 Å². The lowest BCUT2D eigenvalue weighted by Gasteiger charge is -2.33. The maximum atomic E-state index is 13.4. The van der Waals surface area contributed by atoms with Crippen molar-refractivity contribution < 1.29 is 14.4 Å². The molecule has 1 saturated heterocycles. The van der Waals surface area contributed by atoms with Gasteiger partial charge in [-0.25, -0.2) is 0 Å². The van der Waals surface area contributed by atoms with Crippen molar-refractivity contribution in [1.29, 1.82) is 0 Å². The highest BCUT2D eigenvalue weighted by Crippen LogP contribution is 2.28. The third-order valence-electron chi connectivity index (χ3n) is 6.27. The molecule has 2 aromatic rings. The summed E-state index contributed by atoms with van der Waals surface area (Å²) in [5.74, 6) is -0.316. The summed E-state index contributed by atoms with van der Waals surface area (Å²) in [5, 5.41) is 7.49. The minimum atomic E-state index is -0.488. The van der Waals surface area contributed by atoms with Crippen LogP contribution in [0.1, 0.15) is 54.5 Å². The van der Waals surface area contributed by atoms with Crippen molar-refractivity contribution in [3.8, 4) is 0 Å². The van der Waals surface area contributed by atoms with Crippen molar-refractivity contribution in [3.05, 3.63) is 52.8 Å². The first kappa shape index (κ1) is 23.0. The van der Waals surface area contributed by atoms with E-state index in [0.717, 1.165) is 24.1 Å². The summed E-state index contributed by atoms with van der Waals surface area (Å²) >= 11 is 0. The van der Waals surface area contributed by atoms with Crippen LogP contribution in [0.3, 0.4) is 0 Å². The van der Waals surface area contributed by atoms with E-state index in [1.807, 2.05) is 48.6 Å². The van der Waals surface area contributed by atoms with Gasteiger partial charge in [-0.05, 0) is 18.4 Å². The van der Waals surface area contributed by atoms with Crippen LogP contribution in [-0.4, -0.2) is 63.5 Å². The molecule has 0 aliphatic carbocycles. The second-order valence-corrected chi connectivity index (χ2v) is 9.89. The Morgan fingerprint density at radius 3 is 2.52 bits per heavy atom. The van der Waals surface area contributed by atoms with E-state index in [1.165, 1.54) is 5.56 Å². The molecule has 1 aromatic heterocycles. The number of hydrogen-bond donors (Lipinski definition) is 1. The fourth-order valence-electron chi connectivity index (χ4n) is 4.53. The summed E-state index contributed by atoms with van der Waals surface area (Å²) in [6.45, 7) is 8.39. The number of nitrogens with zero attached hydrogens (tertiary/aromatic N) is 4. The van der Waals surface area contributed by atoms with Crippen LogP contribution in [0.15, 0.2) is 30.3 Å². The van der Waals surface area contributed by atoms with Crippen LogP contribution in [0.25, 0.3) is 0 Å². The van der Waals surface area contributed by atoms with Gasteiger partial charge in [-0.2, -0.15) is 5.10 Å². The second kappa shape index (κ2) is 9.37. The third-order valence-corrected chi connectivity index (χ3v) is 6.27. The molecule has 1 N–H and O–H groups in total. The number of hydrogen-bond acceptors (Lipinski definition) is 4. The number of amides is 3. The van der Waals surface area contributed by atoms with Gasteiger partial charge in [0.1, 0.15) is 0 Å². The standard InChI is InChI=1S/C25H33N5O3/c1-25(2,3)24(33)29-14-11-20-19(16-29)22(23(32)28-15-12-26-21(31)17-28)27-30(20)13-7-10-18-8-5-4-6-9-18/h4-6,8-9H,7,10-17H2,1-3H3,(H,26,31). The summed E-state index contributed by atoms with van der Waals surface area (Å²) < 4.78 is 1.95. The first-order valence-electron chi connectivity index (χ1n) is 11.7. The monoisotopic (exact) mass is 451 g/mol. The number of fused-ring (bicyclic) bond motifs is 1. The summed E-state index contributed by atoms with van der Waals surface area (Å²) in [4.78, 5) is 41.5. The first-order valence-corrected chi connectivity index (χ1v) is 11.7. The second-order valence-electron chi connectivity index (χ2n) is 9.89. The Morgan fingerprint density at radius 2 is 1.82 bits per heavy atom. The Bertz CT molecular complexity index is 1040. The Balaban J connectivity index is 1.58. The number of aromatic nitrogens is 2. The zero-order valence-corrected chi connectivity index (χ0v) is 19.8. The molecule has 0 radical (unpaired) electrons. The Kier molecular flexibility index (Phi) is 6.54. The molecule has 8 nitrogen and oxygen atoms in total. The van der Waals surface area contributed by atoms with Crippen molar-refractivity contribution in [2.75, 3.05) is 26.2 Å². The highest BCUT2D eigenvalue weighted by atomic mass is 16.2. The van der Waals surface area contributed by atoms with Crippen LogP contribution < -0.4 is 5.32 Å². The third kappa shape index (κ3) is 5.10. The fourth-order valence-corrected chi connectivity index (χ4v) is 4.53. The van der Waals surface area contributed by atoms with Gasteiger partial charge >= 0.3 is 0 Å². The average molecular weight is 452 g/mol. The minimum absolute atomic E-state index is 0.0408. The topological polar surface area (TPSA) is 87.5 Å². The van der Waals surface area contributed by atoms with Gasteiger partial charge < -0.3 is 15.1 Å². The average Bonchev–Trinajstić information content (AvgIpc) is 3.16. The van der Waals surface area contributed by atoms with Crippen molar-refractivity contribution in [1.82, 2.24) is 24.9 Å². The van der Waals surface area contributed by atoms with Crippen LogP contribution in [0.4, 0.5) is 0 Å². The lowest BCUT2D eigenvalue weighted by Crippen LogP contribution is -2.50. The van der Waals surface area contributed by atoms with Crippen LogP contribution in [0, 0.1) is 5.41 Å². The van der Waals surface area contributed by atoms with Gasteiger partial charge in [-0.15, -0.1) is 0 Å². The van der Waals surface area contributed by atoms with Gasteiger partial charge in [0.25, 0.3) is 5.91 Å². The highest BCUT2D eigenvalue weighted by molar-refractivity contribution is 5.97. The molecule has 0 unspecified atom stereocenters. The Hall–Kier alpha value is -3.16. The molecule has 2 aliphatic rings. The minimum Gasteiger partial charge on any atom is -0.353 e. The Morgan fingerprint density at radius 1 is 1.06 bits per heavy atom. The first-order chi connectivity index (χ1) is 15.7. The number of carbonyl (C=O) groups is 3. The number of aryl methyl sites for hydroxylation is 2. The molecule has 8 heteroatoms. The van der Waals surface area contributed by atoms with Gasteiger partial charge in [-0.3, -0.25) is 19.1 Å². The van der Waals surface area contributed by atoms with Crippen LogP contribution in [-0.2, 0) is 35.5 Å². The summed E-state index contributed by atoms with van der Waals surface area (Å²) in [6, 6.07) is 10.3. The van der Waals surface area contributed by atoms with E-state index in [0.29, 0.717) is 44.8 Å². The molecular formula is C25H33N5O3.